The van der Waals surface area contributed by atoms with Crippen LogP contribution in [0.25, 0.3) is 0 Å². The summed E-state index contributed by atoms with van der Waals surface area (Å²) in [6.45, 7) is 0. The van der Waals surface area contributed by atoms with E-state index in [2.05, 4.69) is 4.74 Å². The SMILES string of the molecule is COC(=O)C(N)Cc1ccccc1S(N)(=O)=O. The van der Waals surface area contributed by atoms with Crippen molar-refractivity contribution in [3.05, 3.63) is 29.8 Å². The van der Waals surface area contributed by atoms with Gasteiger partial charge >= 0.3 is 5.97 Å². The minimum absolute atomic E-state index is 0.0284. The van der Waals surface area contributed by atoms with Gasteiger partial charge in [-0.25, -0.2) is 13.6 Å². The van der Waals surface area contributed by atoms with E-state index >= 15 is 0 Å². The molecule has 6 nitrogen and oxygen atoms in total. The van der Waals surface area contributed by atoms with Crippen LogP contribution in [0, 0.1) is 0 Å². The van der Waals surface area contributed by atoms with Crippen LogP contribution in [0.1, 0.15) is 5.56 Å². The summed E-state index contributed by atoms with van der Waals surface area (Å²) in [5, 5.41) is 5.06. The maximum atomic E-state index is 11.3. The highest BCUT2D eigenvalue weighted by Gasteiger charge is 2.19. The van der Waals surface area contributed by atoms with Gasteiger partial charge in [0.1, 0.15) is 6.04 Å². The van der Waals surface area contributed by atoms with Crippen LogP contribution in [0.2, 0.25) is 0 Å². The molecule has 0 aliphatic heterocycles. The summed E-state index contributed by atoms with van der Waals surface area (Å²) in [7, 11) is -2.60. The van der Waals surface area contributed by atoms with Crippen molar-refractivity contribution < 1.29 is 17.9 Å². The van der Waals surface area contributed by atoms with Crippen molar-refractivity contribution in [3.63, 3.8) is 0 Å². The van der Waals surface area contributed by atoms with Gasteiger partial charge in [-0.2, -0.15) is 0 Å². The average molecular weight is 258 g/mol. The first-order chi connectivity index (χ1) is 7.86. The molecule has 0 aromatic heterocycles. The third-order valence-electron chi connectivity index (χ3n) is 2.22. The Labute approximate surface area is 99.6 Å². The zero-order chi connectivity index (χ0) is 13.1. The molecule has 0 amide bonds. The summed E-state index contributed by atoms with van der Waals surface area (Å²) >= 11 is 0. The van der Waals surface area contributed by atoms with Gasteiger partial charge in [0, 0.05) is 0 Å². The molecule has 7 heteroatoms. The second-order valence-electron chi connectivity index (χ2n) is 3.49. The van der Waals surface area contributed by atoms with Crippen molar-refractivity contribution in [2.75, 3.05) is 7.11 Å². The summed E-state index contributed by atoms with van der Waals surface area (Å²) in [5.41, 5.74) is 5.96. The fourth-order valence-corrected chi connectivity index (χ4v) is 2.21. The Morgan fingerprint density at radius 2 is 2.00 bits per heavy atom. The summed E-state index contributed by atoms with van der Waals surface area (Å²) < 4.78 is 27.1. The lowest BCUT2D eigenvalue weighted by Gasteiger charge is -2.11. The lowest BCUT2D eigenvalue weighted by atomic mass is 10.1. The van der Waals surface area contributed by atoms with Crippen LogP contribution >= 0.6 is 0 Å². The number of sulfonamides is 1. The van der Waals surface area contributed by atoms with E-state index in [9.17, 15) is 13.2 Å². The van der Waals surface area contributed by atoms with Crippen molar-refractivity contribution in [1.29, 1.82) is 0 Å². The predicted molar refractivity (Wildman–Crippen MR) is 61.5 cm³/mol. The molecule has 0 bridgehead atoms. The number of hydrogen-bond donors (Lipinski definition) is 2. The largest absolute Gasteiger partial charge is 0.468 e. The highest BCUT2D eigenvalue weighted by atomic mass is 32.2. The molecule has 0 aliphatic rings. The smallest absolute Gasteiger partial charge is 0.322 e. The van der Waals surface area contributed by atoms with Crippen LogP contribution in [-0.2, 0) is 26.0 Å². The van der Waals surface area contributed by atoms with E-state index < -0.39 is 22.0 Å². The van der Waals surface area contributed by atoms with E-state index in [-0.39, 0.29) is 11.3 Å². The second kappa shape index (κ2) is 5.26. The third kappa shape index (κ3) is 3.52. The molecule has 0 radical (unpaired) electrons. The van der Waals surface area contributed by atoms with Gasteiger partial charge in [-0.3, -0.25) is 4.79 Å². The van der Waals surface area contributed by atoms with Crippen LogP contribution in [0.3, 0.4) is 0 Å². The topological polar surface area (TPSA) is 112 Å². The van der Waals surface area contributed by atoms with Gasteiger partial charge in [0.15, 0.2) is 0 Å². The van der Waals surface area contributed by atoms with Gasteiger partial charge in [-0.1, -0.05) is 18.2 Å². The number of esters is 1. The van der Waals surface area contributed by atoms with Gasteiger partial charge in [0.2, 0.25) is 10.0 Å². The first-order valence-corrected chi connectivity index (χ1v) is 6.35. The van der Waals surface area contributed by atoms with Crippen LogP contribution in [0.15, 0.2) is 29.2 Å². The van der Waals surface area contributed by atoms with E-state index in [1.165, 1.54) is 13.2 Å². The van der Waals surface area contributed by atoms with Crippen LogP contribution < -0.4 is 10.9 Å². The van der Waals surface area contributed by atoms with E-state index in [0.29, 0.717) is 5.56 Å². The zero-order valence-corrected chi connectivity index (χ0v) is 10.1. The van der Waals surface area contributed by atoms with Gasteiger partial charge in [-0.15, -0.1) is 0 Å². The van der Waals surface area contributed by atoms with Crippen LogP contribution in [0.5, 0.6) is 0 Å². The highest BCUT2D eigenvalue weighted by molar-refractivity contribution is 7.89. The summed E-state index contributed by atoms with van der Waals surface area (Å²) in [6.07, 6.45) is 0.0548. The molecule has 1 aromatic rings. The molecule has 94 valence electrons. The van der Waals surface area contributed by atoms with Gasteiger partial charge < -0.3 is 10.5 Å². The number of nitrogens with two attached hydrogens (primary N) is 2. The molecule has 0 saturated heterocycles. The normalized spacial score (nSPS) is 13.1. The maximum absolute atomic E-state index is 11.3. The van der Waals surface area contributed by atoms with Crippen LogP contribution in [-0.4, -0.2) is 27.5 Å². The molecule has 0 saturated carbocycles. The Bertz CT molecular complexity index is 513. The van der Waals surface area contributed by atoms with Gasteiger partial charge in [-0.05, 0) is 18.1 Å². The Kier molecular flexibility index (Phi) is 4.22. The Morgan fingerprint density at radius 3 is 2.53 bits per heavy atom. The van der Waals surface area contributed by atoms with Crippen molar-refractivity contribution in [2.45, 2.75) is 17.4 Å². The van der Waals surface area contributed by atoms with E-state index in [4.69, 9.17) is 10.9 Å². The minimum atomic E-state index is -3.82. The molecule has 1 rings (SSSR count). The number of primary sulfonamides is 1. The lowest BCUT2D eigenvalue weighted by Crippen LogP contribution is -2.34. The number of benzene rings is 1. The third-order valence-corrected chi connectivity index (χ3v) is 3.23. The molecular weight excluding hydrogens is 244 g/mol. The number of carbonyl (C=O) groups excluding carboxylic acids is 1. The van der Waals surface area contributed by atoms with E-state index in [1.54, 1.807) is 18.2 Å². The highest BCUT2D eigenvalue weighted by Crippen LogP contribution is 2.15. The average Bonchev–Trinajstić information content (AvgIpc) is 2.27. The number of methoxy groups -OCH3 is 1. The van der Waals surface area contributed by atoms with Gasteiger partial charge in [0.05, 0.1) is 12.0 Å². The Morgan fingerprint density at radius 1 is 1.41 bits per heavy atom. The monoisotopic (exact) mass is 258 g/mol. The standard InChI is InChI=1S/C10H14N2O4S/c1-16-10(13)8(11)6-7-4-2-3-5-9(7)17(12,14)15/h2-5,8H,6,11H2,1H3,(H2,12,14,15). The lowest BCUT2D eigenvalue weighted by molar-refractivity contribution is -0.142. The van der Waals surface area contributed by atoms with Crippen molar-refractivity contribution in [3.8, 4) is 0 Å². The number of ether oxygens (including phenoxy) is 1. The molecule has 0 spiro atoms. The Hall–Kier alpha value is -1.44. The summed E-state index contributed by atoms with van der Waals surface area (Å²) in [5.74, 6) is -0.603. The van der Waals surface area contributed by atoms with Crippen LogP contribution in [0.4, 0.5) is 0 Å². The summed E-state index contributed by atoms with van der Waals surface area (Å²) in [6, 6.07) is 5.21. The van der Waals surface area contributed by atoms with E-state index in [0.717, 1.165) is 0 Å². The minimum Gasteiger partial charge on any atom is -0.468 e. The molecule has 17 heavy (non-hydrogen) atoms. The van der Waals surface area contributed by atoms with Gasteiger partial charge in [0.25, 0.3) is 0 Å². The van der Waals surface area contributed by atoms with E-state index in [1.807, 2.05) is 0 Å². The molecule has 0 heterocycles. The zero-order valence-electron chi connectivity index (χ0n) is 9.29. The first kappa shape index (κ1) is 13.6. The molecule has 0 aliphatic carbocycles. The van der Waals surface area contributed by atoms with Crippen molar-refractivity contribution >= 4 is 16.0 Å². The number of rotatable bonds is 4. The van der Waals surface area contributed by atoms with Crippen molar-refractivity contribution in [1.82, 2.24) is 0 Å². The molecule has 1 atom stereocenters. The fourth-order valence-electron chi connectivity index (χ4n) is 1.42. The molecule has 1 unspecified atom stereocenters. The number of hydrogen-bond acceptors (Lipinski definition) is 5. The Balaban J connectivity index is 3.04. The molecule has 4 N–H and O–H groups in total. The van der Waals surface area contributed by atoms with Crippen molar-refractivity contribution in [2.24, 2.45) is 10.9 Å². The molecule has 1 aromatic carbocycles. The first-order valence-electron chi connectivity index (χ1n) is 4.80. The fraction of sp³-hybridized carbons (Fsp3) is 0.300. The molecular formula is C10H14N2O4S. The molecule has 0 fully saturated rings. The maximum Gasteiger partial charge on any atom is 0.322 e. The quantitative estimate of drug-likeness (QED) is 0.699. The predicted octanol–water partition coefficient (Wildman–Crippen LogP) is -0.623. The summed E-state index contributed by atoms with van der Waals surface area (Å²) in [4.78, 5) is 11.1. The second-order valence-corrected chi connectivity index (χ2v) is 5.02. The number of carbonyl (C=O) groups is 1.